The van der Waals surface area contributed by atoms with E-state index in [0.29, 0.717) is 15.9 Å². The molecule has 1 atom stereocenters. The number of nitrogens with one attached hydrogen (secondary N) is 1. The second-order valence-corrected chi connectivity index (χ2v) is 13.6. The van der Waals surface area contributed by atoms with Crippen molar-refractivity contribution in [3.8, 4) is 0 Å². The van der Waals surface area contributed by atoms with Gasteiger partial charge in [-0.2, -0.15) is 13.2 Å². The normalized spacial score (nSPS) is 14.9. The summed E-state index contributed by atoms with van der Waals surface area (Å²) in [4.78, 5) is 28.9. The molecule has 2 amide bonds. The third kappa shape index (κ3) is 8.71. The third-order valence-electron chi connectivity index (χ3n) is 7.75. The molecule has 0 heterocycles. The molecule has 0 radical (unpaired) electrons. The fourth-order valence-electron chi connectivity index (χ4n) is 5.38. The molecule has 1 fully saturated rings. The number of hydrogen-bond donors (Lipinski definition) is 1. The van der Waals surface area contributed by atoms with Gasteiger partial charge in [0.05, 0.1) is 26.2 Å². The van der Waals surface area contributed by atoms with E-state index in [1.165, 1.54) is 35.2 Å². The van der Waals surface area contributed by atoms with Crippen LogP contribution in [0.4, 0.5) is 18.9 Å². The lowest BCUT2D eigenvalue weighted by Gasteiger charge is -2.34. The molecule has 0 saturated heterocycles. The first-order valence-corrected chi connectivity index (χ1v) is 16.8. The topological polar surface area (TPSA) is 86.8 Å². The van der Waals surface area contributed by atoms with Crippen LogP contribution in [0.1, 0.15) is 56.6 Å². The number of benzene rings is 3. The van der Waals surface area contributed by atoms with Crippen molar-refractivity contribution in [3.05, 3.63) is 94.0 Å². The van der Waals surface area contributed by atoms with E-state index in [0.717, 1.165) is 44.2 Å². The molecule has 1 aliphatic carbocycles. The maximum Gasteiger partial charge on any atom is 0.416 e. The Balaban J connectivity index is 1.75. The number of amides is 2. The Morgan fingerprint density at radius 3 is 2.24 bits per heavy atom. The molecule has 3 aromatic carbocycles. The van der Waals surface area contributed by atoms with Crippen LogP contribution in [0, 0.1) is 0 Å². The van der Waals surface area contributed by atoms with Crippen LogP contribution < -0.4 is 9.62 Å². The lowest BCUT2D eigenvalue weighted by molar-refractivity contribution is -0.140. The Labute approximate surface area is 271 Å². The first-order chi connectivity index (χ1) is 21.3. The minimum absolute atomic E-state index is 0.0534. The summed E-state index contributed by atoms with van der Waals surface area (Å²) in [6.45, 7) is 0.729. The van der Waals surface area contributed by atoms with E-state index in [9.17, 15) is 31.2 Å². The Kier molecular flexibility index (Phi) is 11.4. The van der Waals surface area contributed by atoms with Gasteiger partial charge >= 0.3 is 6.18 Å². The van der Waals surface area contributed by atoms with Gasteiger partial charge in [0.2, 0.25) is 11.8 Å². The van der Waals surface area contributed by atoms with Crippen molar-refractivity contribution in [2.75, 3.05) is 10.8 Å². The van der Waals surface area contributed by atoms with E-state index >= 15 is 0 Å². The van der Waals surface area contributed by atoms with Crippen LogP contribution in [0.3, 0.4) is 0 Å². The zero-order valence-electron chi connectivity index (χ0n) is 24.6. The summed E-state index contributed by atoms with van der Waals surface area (Å²) in [6.07, 6.45) is 0.0665. The smallest absolute Gasteiger partial charge is 0.352 e. The van der Waals surface area contributed by atoms with E-state index in [1.807, 2.05) is 0 Å². The van der Waals surface area contributed by atoms with Crippen molar-refractivity contribution < 1.29 is 31.2 Å². The van der Waals surface area contributed by atoms with Crippen LogP contribution in [-0.2, 0) is 32.3 Å². The van der Waals surface area contributed by atoms with Gasteiger partial charge in [0.25, 0.3) is 10.0 Å². The van der Waals surface area contributed by atoms with E-state index in [-0.39, 0.29) is 39.6 Å². The Hall–Kier alpha value is -3.28. The monoisotopic (exact) mass is 683 g/mol. The van der Waals surface area contributed by atoms with Crippen molar-refractivity contribution in [3.63, 3.8) is 0 Å². The van der Waals surface area contributed by atoms with Gasteiger partial charge < -0.3 is 10.2 Å². The van der Waals surface area contributed by atoms with Crippen LogP contribution in [0.5, 0.6) is 0 Å². The molecule has 45 heavy (non-hydrogen) atoms. The summed E-state index contributed by atoms with van der Waals surface area (Å²) >= 11 is 12.3. The second-order valence-electron chi connectivity index (χ2n) is 10.9. The lowest BCUT2D eigenvalue weighted by atomic mass is 9.95. The summed E-state index contributed by atoms with van der Waals surface area (Å²) < 4.78 is 69.4. The maximum atomic E-state index is 14.2. The molecule has 1 saturated carbocycles. The Bertz CT molecular complexity index is 1600. The first kappa shape index (κ1) is 34.6. The van der Waals surface area contributed by atoms with Crippen LogP contribution in [0.2, 0.25) is 10.0 Å². The summed E-state index contributed by atoms with van der Waals surface area (Å²) in [7, 11) is -4.53. The molecular formula is C32H34Cl2F3N3O4S. The van der Waals surface area contributed by atoms with Gasteiger partial charge in [-0.25, -0.2) is 8.42 Å². The van der Waals surface area contributed by atoms with Gasteiger partial charge in [-0.1, -0.05) is 79.7 Å². The van der Waals surface area contributed by atoms with Crippen molar-refractivity contribution in [2.45, 2.75) is 75.1 Å². The van der Waals surface area contributed by atoms with Gasteiger partial charge in [0, 0.05) is 12.6 Å². The molecule has 1 N–H and O–H groups in total. The number of rotatable bonds is 11. The van der Waals surface area contributed by atoms with E-state index < -0.39 is 46.2 Å². The molecule has 0 spiro atoms. The number of hydrogen-bond acceptors (Lipinski definition) is 4. The molecule has 1 aliphatic rings. The molecule has 13 heteroatoms. The molecule has 0 bridgehead atoms. The Morgan fingerprint density at radius 1 is 0.933 bits per heavy atom. The molecule has 242 valence electrons. The molecule has 0 aliphatic heterocycles. The number of alkyl halides is 3. The number of carbonyl (C=O) groups excluding carboxylic acids is 2. The van der Waals surface area contributed by atoms with Crippen molar-refractivity contribution in [1.29, 1.82) is 0 Å². The van der Waals surface area contributed by atoms with Crippen molar-refractivity contribution in [1.82, 2.24) is 10.2 Å². The average Bonchev–Trinajstić information content (AvgIpc) is 3.02. The summed E-state index contributed by atoms with van der Waals surface area (Å²) in [6, 6.07) is 14.6. The zero-order chi connectivity index (χ0) is 32.8. The molecule has 3 aromatic rings. The minimum Gasteiger partial charge on any atom is -0.352 e. The summed E-state index contributed by atoms with van der Waals surface area (Å²) in [5, 5.41) is 3.54. The van der Waals surface area contributed by atoms with Crippen LogP contribution in [-0.4, -0.2) is 43.8 Å². The largest absolute Gasteiger partial charge is 0.416 e. The fraction of sp³-hybridized carbons (Fsp3) is 0.375. The van der Waals surface area contributed by atoms with Crippen LogP contribution >= 0.6 is 23.2 Å². The molecule has 1 unspecified atom stereocenters. The van der Waals surface area contributed by atoms with Crippen LogP contribution in [0.25, 0.3) is 0 Å². The number of anilines is 1. The molecule has 7 nitrogen and oxygen atoms in total. The predicted octanol–water partition coefficient (Wildman–Crippen LogP) is 7.46. The number of nitrogens with zero attached hydrogens (tertiary/aromatic N) is 2. The van der Waals surface area contributed by atoms with Crippen molar-refractivity contribution in [2.24, 2.45) is 0 Å². The maximum absolute atomic E-state index is 14.2. The summed E-state index contributed by atoms with van der Waals surface area (Å²) in [5.41, 5.74) is -0.902. The minimum atomic E-state index is -4.76. The number of halogens is 5. The summed E-state index contributed by atoms with van der Waals surface area (Å²) in [5.74, 6) is -1.18. The van der Waals surface area contributed by atoms with Gasteiger partial charge in [-0.3, -0.25) is 13.9 Å². The van der Waals surface area contributed by atoms with Gasteiger partial charge in [0.15, 0.2) is 0 Å². The van der Waals surface area contributed by atoms with E-state index in [2.05, 4.69) is 5.32 Å². The highest BCUT2D eigenvalue weighted by molar-refractivity contribution is 7.92. The average molecular weight is 685 g/mol. The van der Waals surface area contributed by atoms with Crippen molar-refractivity contribution >= 4 is 50.7 Å². The van der Waals surface area contributed by atoms with Gasteiger partial charge in [-0.05, 0) is 67.3 Å². The standard InChI is InChI=1S/C32H34Cl2F3N3O4S/c1-2-29(31(42)38-24-11-5-3-6-12-24)39(20-22-16-17-27(33)28(34)18-22)30(41)21-40(45(43,44)26-14-7-4-8-15-26)25-13-9-10-23(19-25)32(35,36)37/h4,7-10,13-19,24,29H,2-3,5-6,11-12,20-21H2,1H3,(H,38,42). The highest BCUT2D eigenvalue weighted by Crippen LogP contribution is 2.33. The Morgan fingerprint density at radius 2 is 1.62 bits per heavy atom. The predicted molar refractivity (Wildman–Crippen MR) is 169 cm³/mol. The second kappa shape index (κ2) is 14.9. The molecule has 4 rings (SSSR count). The number of sulfonamides is 1. The van der Waals surface area contributed by atoms with E-state index in [4.69, 9.17) is 23.2 Å². The highest BCUT2D eigenvalue weighted by Gasteiger charge is 2.36. The highest BCUT2D eigenvalue weighted by atomic mass is 35.5. The third-order valence-corrected chi connectivity index (χ3v) is 10.3. The SMILES string of the molecule is CCC(C(=O)NC1CCCCC1)N(Cc1ccc(Cl)c(Cl)c1)C(=O)CN(c1cccc(C(F)(F)F)c1)S(=O)(=O)c1ccccc1. The lowest BCUT2D eigenvalue weighted by Crippen LogP contribution is -2.54. The fourth-order valence-corrected chi connectivity index (χ4v) is 7.13. The quantitative estimate of drug-likeness (QED) is 0.227. The number of carbonyl (C=O) groups is 2. The zero-order valence-corrected chi connectivity index (χ0v) is 26.9. The first-order valence-electron chi connectivity index (χ1n) is 14.6. The van der Waals surface area contributed by atoms with Gasteiger partial charge in [0.1, 0.15) is 12.6 Å². The molecular weight excluding hydrogens is 650 g/mol. The van der Waals surface area contributed by atoms with Crippen LogP contribution in [0.15, 0.2) is 77.7 Å². The van der Waals surface area contributed by atoms with Gasteiger partial charge in [-0.15, -0.1) is 0 Å². The van der Waals surface area contributed by atoms with E-state index in [1.54, 1.807) is 31.2 Å². The molecule has 0 aromatic heterocycles.